The second-order valence-electron chi connectivity index (χ2n) is 6.16. The van der Waals surface area contributed by atoms with E-state index in [1.165, 1.54) is 13.8 Å². The van der Waals surface area contributed by atoms with Crippen LogP contribution in [0.1, 0.15) is 22.3 Å². The summed E-state index contributed by atoms with van der Waals surface area (Å²) in [6, 6.07) is 0. The fraction of sp³-hybridized carbons (Fsp3) is 0.571. The number of benzene rings is 1. The molecule has 0 amide bonds. The van der Waals surface area contributed by atoms with Crippen LogP contribution < -0.4 is 65.8 Å². The fourth-order valence-electron chi connectivity index (χ4n) is 3.36. The van der Waals surface area contributed by atoms with E-state index in [2.05, 4.69) is 9.50 Å². The maximum Gasteiger partial charge on any atom is 1.00 e. The summed E-state index contributed by atoms with van der Waals surface area (Å²) >= 11 is 0. The molecule has 0 aliphatic carbocycles. The molecule has 1 heterocycles. The Bertz CT molecular complexity index is 769. The molecular weight excluding hydrogens is 402 g/mol. The van der Waals surface area contributed by atoms with Gasteiger partial charge in [0.15, 0.2) is 5.75 Å². The van der Waals surface area contributed by atoms with Crippen molar-refractivity contribution in [3.05, 3.63) is 22.3 Å². The van der Waals surface area contributed by atoms with E-state index >= 15 is 0 Å². The second-order valence-corrected chi connectivity index (χ2v) is 7.11. The third-order valence-electron chi connectivity index (χ3n) is 4.35. The molecule has 1 aromatic carbocycles. The van der Waals surface area contributed by atoms with Gasteiger partial charge in [-0.05, 0) is 31.9 Å². The molecule has 0 aromatic heterocycles. The Balaban J connectivity index is 0.00000338. The van der Waals surface area contributed by atoms with Gasteiger partial charge in [0.2, 0.25) is 0 Å². The Hall–Kier alpha value is 0.151. The van der Waals surface area contributed by atoms with Gasteiger partial charge in [0, 0.05) is 37.4 Å². The van der Waals surface area contributed by atoms with Gasteiger partial charge in [0.1, 0.15) is 0 Å². The second kappa shape index (κ2) is 9.10. The molecule has 26 heavy (non-hydrogen) atoms. The molecule has 1 saturated heterocycles. The van der Waals surface area contributed by atoms with Gasteiger partial charge in [-0.25, -0.2) is 0 Å². The summed E-state index contributed by atoms with van der Waals surface area (Å²) in [7, 11) is -5.35. The molecule has 1 aromatic rings. The molecule has 0 spiro atoms. The van der Waals surface area contributed by atoms with Crippen LogP contribution in [0.3, 0.4) is 0 Å². The molecular formula is C14H20BF4KN2O3S. The first-order chi connectivity index (χ1) is 11.4. The van der Waals surface area contributed by atoms with Gasteiger partial charge in [-0.3, -0.25) is 0 Å². The van der Waals surface area contributed by atoms with Crippen LogP contribution in [0.25, 0.3) is 0 Å². The van der Waals surface area contributed by atoms with E-state index in [9.17, 15) is 25.3 Å². The van der Waals surface area contributed by atoms with Crippen LogP contribution in [0.4, 0.5) is 22.5 Å². The number of anilines is 1. The number of piperazine rings is 1. The molecule has 0 saturated carbocycles. The monoisotopic (exact) mass is 422 g/mol. The van der Waals surface area contributed by atoms with Crippen molar-refractivity contribution in [2.45, 2.75) is 27.1 Å². The Kier molecular flexibility index (Phi) is 8.47. The number of rotatable bonds is 5. The Morgan fingerprint density at radius 3 is 2.08 bits per heavy atom. The standard InChI is InChI=1S/C14H20BF4N2O3S.K/c1-9-12(8-15(16,17)18)10(2)14(24-25(19,22)23)11(3)13(9)21-6-4-20-5-7-21;/h20H,4-8H2,1-3H3;/q-1;+1. The summed E-state index contributed by atoms with van der Waals surface area (Å²) in [5.41, 5.74) is 1.14. The molecule has 1 N–H and O–H groups in total. The van der Waals surface area contributed by atoms with Crippen molar-refractivity contribution in [2.24, 2.45) is 0 Å². The first kappa shape index (κ1) is 24.2. The number of hydrogen-bond acceptors (Lipinski definition) is 5. The number of nitrogens with one attached hydrogen (secondary N) is 1. The van der Waals surface area contributed by atoms with Crippen molar-refractivity contribution in [1.29, 1.82) is 0 Å². The summed E-state index contributed by atoms with van der Waals surface area (Å²) in [5.74, 6) is -0.364. The number of nitrogens with zero attached hydrogens (tertiary/aromatic N) is 1. The topological polar surface area (TPSA) is 58.6 Å². The van der Waals surface area contributed by atoms with Crippen LogP contribution in [-0.2, 0) is 16.8 Å². The molecule has 0 unspecified atom stereocenters. The van der Waals surface area contributed by atoms with E-state index in [0.717, 1.165) is 0 Å². The molecule has 5 nitrogen and oxygen atoms in total. The van der Waals surface area contributed by atoms with Crippen LogP contribution in [0, 0.1) is 20.8 Å². The third-order valence-corrected chi connectivity index (χ3v) is 4.71. The predicted octanol–water partition coefficient (Wildman–Crippen LogP) is -0.452. The quantitative estimate of drug-likeness (QED) is 0.396. The third kappa shape index (κ3) is 6.08. The van der Waals surface area contributed by atoms with E-state index in [4.69, 9.17) is 0 Å². The molecule has 0 atom stereocenters. The Labute approximate surface area is 193 Å². The van der Waals surface area contributed by atoms with Crippen LogP contribution in [0.2, 0.25) is 0 Å². The molecule has 12 heteroatoms. The smallest absolute Gasteiger partial charge is 0.449 e. The van der Waals surface area contributed by atoms with Gasteiger partial charge in [0.25, 0.3) is 0 Å². The first-order valence-corrected chi connectivity index (χ1v) is 9.15. The summed E-state index contributed by atoms with van der Waals surface area (Å²) in [5, 5.41) is 3.13. The molecule has 142 valence electrons. The predicted molar refractivity (Wildman–Crippen MR) is 89.2 cm³/mol. The van der Waals surface area contributed by atoms with Crippen molar-refractivity contribution in [1.82, 2.24) is 5.32 Å². The molecule has 0 bridgehead atoms. The van der Waals surface area contributed by atoms with E-state index < -0.39 is 23.8 Å². The zero-order valence-electron chi connectivity index (χ0n) is 15.2. The van der Waals surface area contributed by atoms with E-state index in [1.807, 2.05) is 4.90 Å². The Morgan fingerprint density at radius 1 is 1.08 bits per heavy atom. The van der Waals surface area contributed by atoms with E-state index in [0.29, 0.717) is 43.0 Å². The maximum absolute atomic E-state index is 13.1. The maximum atomic E-state index is 13.1. The molecule has 1 aliphatic rings. The minimum Gasteiger partial charge on any atom is -0.449 e. The van der Waals surface area contributed by atoms with Gasteiger partial charge in [-0.2, -0.15) is 8.42 Å². The number of hydrogen-bond donors (Lipinski definition) is 1. The van der Waals surface area contributed by atoms with Crippen molar-refractivity contribution >= 4 is 23.2 Å². The Morgan fingerprint density at radius 2 is 1.62 bits per heavy atom. The van der Waals surface area contributed by atoms with Crippen molar-refractivity contribution < 1.29 is 80.8 Å². The first-order valence-electron chi connectivity index (χ1n) is 7.84. The average Bonchev–Trinajstić information content (AvgIpc) is 2.47. The summed E-state index contributed by atoms with van der Waals surface area (Å²) in [6.07, 6.45) is -1.18. The van der Waals surface area contributed by atoms with Gasteiger partial charge < -0.3 is 27.3 Å². The van der Waals surface area contributed by atoms with E-state index in [1.54, 1.807) is 6.92 Å². The van der Waals surface area contributed by atoms with Crippen LogP contribution in [0.15, 0.2) is 0 Å². The average molecular weight is 422 g/mol. The van der Waals surface area contributed by atoms with Crippen molar-refractivity contribution in [3.63, 3.8) is 0 Å². The van der Waals surface area contributed by atoms with Crippen molar-refractivity contribution in [3.8, 4) is 5.75 Å². The summed E-state index contributed by atoms with van der Waals surface area (Å²) < 4.78 is 78.5. The molecule has 2 rings (SSSR count). The van der Waals surface area contributed by atoms with Gasteiger partial charge in [0.05, 0.1) is 0 Å². The van der Waals surface area contributed by atoms with Crippen molar-refractivity contribution in [2.75, 3.05) is 31.1 Å². The van der Waals surface area contributed by atoms with Gasteiger partial charge >= 0.3 is 68.9 Å². The number of halogens is 4. The SMILES string of the molecule is Cc1c(C[B-](F)(F)F)c(C)c(N2CCNCC2)c(C)c1OS(=O)(=O)F.[K+]. The van der Waals surface area contributed by atoms with Gasteiger partial charge in [-0.15, -0.1) is 0 Å². The zero-order chi connectivity index (χ0) is 19.0. The minimum atomic E-state index is -5.35. The molecule has 1 aliphatic heterocycles. The summed E-state index contributed by atoms with van der Waals surface area (Å²) in [6.45, 7) is 1.64. The minimum absolute atomic E-state index is 0. The van der Waals surface area contributed by atoms with Crippen LogP contribution in [0.5, 0.6) is 5.75 Å². The van der Waals surface area contributed by atoms with E-state index in [-0.39, 0.29) is 68.3 Å². The zero-order valence-corrected chi connectivity index (χ0v) is 19.1. The van der Waals surface area contributed by atoms with Gasteiger partial charge in [-0.1, -0.05) is 15.8 Å². The fourth-order valence-corrected chi connectivity index (χ4v) is 3.81. The molecule has 0 radical (unpaired) electrons. The normalized spacial score (nSPS) is 15.6. The van der Waals surface area contributed by atoms with Crippen LogP contribution >= 0.6 is 0 Å². The van der Waals surface area contributed by atoms with Crippen LogP contribution in [-0.4, -0.2) is 41.6 Å². The molecule has 1 fully saturated rings. The summed E-state index contributed by atoms with van der Waals surface area (Å²) in [4.78, 5) is 1.87. The largest absolute Gasteiger partial charge is 1.00 e.